The van der Waals surface area contributed by atoms with Gasteiger partial charge in [-0.15, -0.1) is 10.2 Å². The van der Waals surface area contributed by atoms with Crippen LogP contribution in [0.1, 0.15) is 37.0 Å². The molecule has 2 heterocycles. The minimum absolute atomic E-state index is 0.00894. The maximum absolute atomic E-state index is 12.4. The fourth-order valence-corrected chi connectivity index (χ4v) is 3.13. The maximum atomic E-state index is 12.4. The molecule has 1 aliphatic heterocycles. The van der Waals surface area contributed by atoms with E-state index in [1.54, 1.807) is 0 Å². The summed E-state index contributed by atoms with van der Waals surface area (Å²) in [5.41, 5.74) is 0. The second kappa shape index (κ2) is 6.99. The molecule has 112 valence electrons. The van der Waals surface area contributed by atoms with E-state index in [4.69, 9.17) is 0 Å². The molecule has 1 atom stereocenters. The molecule has 1 amide bonds. The van der Waals surface area contributed by atoms with Crippen molar-refractivity contribution in [3.8, 4) is 0 Å². The van der Waals surface area contributed by atoms with Crippen LogP contribution in [0.3, 0.4) is 0 Å². The van der Waals surface area contributed by atoms with Crippen molar-refractivity contribution in [2.75, 3.05) is 38.0 Å². The molecule has 0 spiro atoms. The summed E-state index contributed by atoms with van der Waals surface area (Å²) in [5.74, 6) is 0.00894. The van der Waals surface area contributed by atoms with Gasteiger partial charge >= 0.3 is 0 Å². The molecular weight excluding hydrogens is 274 g/mol. The average Bonchev–Trinajstić information content (AvgIpc) is 2.93. The lowest BCUT2D eigenvalue weighted by molar-refractivity contribution is 0.0527. The molecule has 0 aliphatic carbocycles. The van der Waals surface area contributed by atoms with Gasteiger partial charge in [0.25, 0.3) is 5.91 Å². The Morgan fingerprint density at radius 1 is 1.40 bits per heavy atom. The summed E-state index contributed by atoms with van der Waals surface area (Å²) >= 11 is 1.34. The van der Waals surface area contributed by atoms with Crippen molar-refractivity contribution >= 4 is 22.4 Å². The Morgan fingerprint density at radius 3 is 2.85 bits per heavy atom. The number of nitrogens with one attached hydrogen (secondary N) is 1. The van der Waals surface area contributed by atoms with Gasteiger partial charge in [0, 0.05) is 32.2 Å². The number of anilines is 1. The van der Waals surface area contributed by atoms with Gasteiger partial charge in [-0.2, -0.15) is 0 Å². The summed E-state index contributed by atoms with van der Waals surface area (Å²) in [6.45, 7) is 10.8. The zero-order chi connectivity index (χ0) is 14.5. The van der Waals surface area contributed by atoms with E-state index < -0.39 is 0 Å². The Balaban J connectivity index is 1.96. The standard InChI is InChI=1S/C13H23N5OS/c1-4-6-14-13-16-15-11(20-13)12(19)18-8-7-17(5-2)10(3)9-18/h10H,4-9H2,1-3H3,(H,14,16). The fraction of sp³-hybridized carbons (Fsp3) is 0.769. The Morgan fingerprint density at radius 2 is 2.20 bits per heavy atom. The van der Waals surface area contributed by atoms with Crippen molar-refractivity contribution in [3.05, 3.63) is 5.01 Å². The SMILES string of the molecule is CCCNc1nnc(C(=O)N2CCN(CC)C(C)C2)s1. The third kappa shape index (κ3) is 3.46. The molecule has 0 aromatic carbocycles. The molecule has 0 bridgehead atoms. The second-order valence-electron chi connectivity index (χ2n) is 5.07. The molecule has 2 rings (SSSR count). The summed E-state index contributed by atoms with van der Waals surface area (Å²) in [5, 5.41) is 12.4. The van der Waals surface area contributed by atoms with Crippen LogP contribution in [0.5, 0.6) is 0 Å². The van der Waals surface area contributed by atoms with Crippen LogP contribution >= 0.6 is 11.3 Å². The number of piperazine rings is 1. The topological polar surface area (TPSA) is 61.4 Å². The van der Waals surface area contributed by atoms with E-state index in [1.807, 2.05) is 4.90 Å². The van der Waals surface area contributed by atoms with Gasteiger partial charge in [-0.05, 0) is 19.9 Å². The smallest absolute Gasteiger partial charge is 0.285 e. The minimum atomic E-state index is 0.00894. The molecule has 7 heteroatoms. The van der Waals surface area contributed by atoms with E-state index in [2.05, 4.69) is 41.2 Å². The van der Waals surface area contributed by atoms with Gasteiger partial charge in [-0.1, -0.05) is 25.2 Å². The van der Waals surface area contributed by atoms with Crippen molar-refractivity contribution < 1.29 is 4.79 Å². The largest absolute Gasteiger partial charge is 0.360 e. The quantitative estimate of drug-likeness (QED) is 0.893. The van der Waals surface area contributed by atoms with E-state index >= 15 is 0 Å². The molecule has 1 unspecified atom stereocenters. The Kier molecular flexibility index (Phi) is 5.31. The number of amides is 1. The third-order valence-corrected chi connectivity index (χ3v) is 4.46. The first kappa shape index (κ1) is 15.2. The lowest BCUT2D eigenvalue weighted by Crippen LogP contribution is -2.53. The van der Waals surface area contributed by atoms with Crippen molar-refractivity contribution in [2.45, 2.75) is 33.2 Å². The highest BCUT2D eigenvalue weighted by atomic mass is 32.1. The highest BCUT2D eigenvalue weighted by Gasteiger charge is 2.28. The maximum Gasteiger partial charge on any atom is 0.285 e. The number of aromatic nitrogens is 2. The van der Waals surface area contributed by atoms with E-state index in [0.717, 1.165) is 44.3 Å². The summed E-state index contributed by atoms with van der Waals surface area (Å²) in [6.07, 6.45) is 1.03. The number of likely N-dealkylation sites (N-methyl/N-ethyl adjacent to an activating group) is 1. The molecule has 0 saturated carbocycles. The molecule has 1 saturated heterocycles. The van der Waals surface area contributed by atoms with Crippen molar-refractivity contribution in [1.82, 2.24) is 20.0 Å². The molecule has 1 N–H and O–H groups in total. The van der Waals surface area contributed by atoms with Gasteiger partial charge in [0.2, 0.25) is 10.1 Å². The van der Waals surface area contributed by atoms with Crippen LogP contribution in [0.15, 0.2) is 0 Å². The van der Waals surface area contributed by atoms with E-state index in [9.17, 15) is 4.79 Å². The third-order valence-electron chi connectivity index (χ3n) is 3.59. The molecule has 6 nitrogen and oxygen atoms in total. The Hall–Kier alpha value is -1.21. The number of carbonyl (C=O) groups excluding carboxylic acids is 1. The van der Waals surface area contributed by atoms with Gasteiger partial charge in [-0.3, -0.25) is 9.69 Å². The molecule has 20 heavy (non-hydrogen) atoms. The highest BCUT2D eigenvalue weighted by molar-refractivity contribution is 7.17. The van der Waals surface area contributed by atoms with E-state index in [-0.39, 0.29) is 5.91 Å². The highest BCUT2D eigenvalue weighted by Crippen LogP contribution is 2.19. The van der Waals surface area contributed by atoms with Gasteiger partial charge in [0.05, 0.1) is 0 Å². The van der Waals surface area contributed by atoms with Crippen LogP contribution in [0, 0.1) is 0 Å². The van der Waals surface area contributed by atoms with E-state index in [1.165, 1.54) is 11.3 Å². The number of carbonyl (C=O) groups is 1. The zero-order valence-electron chi connectivity index (χ0n) is 12.4. The number of rotatable bonds is 5. The first-order valence-electron chi connectivity index (χ1n) is 7.26. The monoisotopic (exact) mass is 297 g/mol. The number of hydrogen-bond donors (Lipinski definition) is 1. The van der Waals surface area contributed by atoms with Crippen LogP contribution in [-0.4, -0.2) is 64.7 Å². The molecule has 1 aromatic heterocycles. The summed E-state index contributed by atoms with van der Waals surface area (Å²) in [7, 11) is 0. The predicted molar refractivity (Wildman–Crippen MR) is 81.3 cm³/mol. The molecule has 1 fully saturated rings. The molecule has 1 aromatic rings. The van der Waals surface area contributed by atoms with Crippen LogP contribution in [0.4, 0.5) is 5.13 Å². The molecule has 1 aliphatic rings. The summed E-state index contributed by atoms with van der Waals surface area (Å²) in [4.78, 5) is 16.7. The van der Waals surface area contributed by atoms with Crippen molar-refractivity contribution in [2.24, 2.45) is 0 Å². The van der Waals surface area contributed by atoms with Gasteiger partial charge in [0.1, 0.15) is 0 Å². The van der Waals surface area contributed by atoms with Crippen molar-refractivity contribution in [1.29, 1.82) is 0 Å². The van der Waals surface area contributed by atoms with E-state index in [0.29, 0.717) is 11.0 Å². The van der Waals surface area contributed by atoms with Gasteiger partial charge in [-0.25, -0.2) is 0 Å². The molecular formula is C13H23N5OS. The first-order chi connectivity index (χ1) is 9.65. The average molecular weight is 297 g/mol. The van der Waals surface area contributed by atoms with Crippen LogP contribution in [0.25, 0.3) is 0 Å². The van der Waals surface area contributed by atoms with Crippen LogP contribution in [0.2, 0.25) is 0 Å². The molecule has 0 radical (unpaired) electrons. The lowest BCUT2D eigenvalue weighted by Gasteiger charge is -2.38. The fourth-order valence-electron chi connectivity index (χ4n) is 2.40. The normalized spacial score (nSPS) is 20.1. The Bertz CT molecular complexity index is 450. The Labute approximate surface area is 124 Å². The lowest BCUT2D eigenvalue weighted by atomic mass is 10.2. The number of hydrogen-bond acceptors (Lipinski definition) is 6. The van der Waals surface area contributed by atoms with Crippen molar-refractivity contribution in [3.63, 3.8) is 0 Å². The van der Waals surface area contributed by atoms with Gasteiger partial charge < -0.3 is 10.2 Å². The number of nitrogens with zero attached hydrogens (tertiary/aromatic N) is 4. The minimum Gasteiger partial charge on any atom is -0.360 e. The second-order valence-corrected chi connectivity index (χ2v) is 6.05. The summed E-state index contributed by atoms with van der Waals surface area (Å²) < 4.78 is 0. The first-order valence-corrected chi connectivity index (χ1v) is 8.08. The van der Waals surface area contributed by atoms with Gasteiger partial charge in [0.15, 0.2) is 0 Å². The predicted octanol–water partition coefficient (Wildman–Crippen LogP) is 1.53. The van der Waals surface area contributed by atoms with Crippen LogP contribution in [-0.2, 0) is 0 Å². The van der Waals surface area contributed by atoms with Crippen LogP contribution < -0.4 is 5.32 Å². The zero-order valence-corrected chi connectivity index (χ0v) is 13.2. The summed E-state index contributed by atoms with van der Waals surface area (Å²) in [6, 6.07) is 0.406.